The second kappa shape index (κ2) is 9.77. The predicted octanol–water partition coefficient (Wildman–Crippen LogP) is 2.67. The fourth-order valence-corrected chi connectivity index (χ4v) is 2.91. The van der Waals surface area contributed by atoms with E-state index >= 15 is 0 Å². The topological polar surface area (TPSA) is 64.6 Å². The SMILES string of the molecule is CS/C(=N\CCSCc1oc(CN(C)C)cc1C)NC#N. The van der Waals surface area contributed by atoms with Gasteiger partial charge in [-0.1, -0.05) is 11.8 Å². The minimum absolute atomic E-state index is 0.667. The Kier molecular flexibility index (Phi) is 8.35. The molecule has 0 saturated carbocycles. The third kappa shape index (κ3) is 6.93. The van der Waals surface area contributed by atoms with Crippen LogP contribution >= 0.6 is 23.5 Å². The third-order valence-electron chi connectivity index (χ3n) is 2.62. The van der Waals surface area contributed by atoms with Crippen molar-refractivity contribution in [2.24, 2.45) is 4.99 Å². The molecular formula is C14H22N4OS2. The summed E-state index contributed by atoms with van der Waals surface area (Å²) in [5.74, 6) is 3.81. The molecule has 0 aromatic carbocycles. The molecular weight excluding hydrogens is 304 g/mol. The molecule has 0 unspecified atom stereocenters. The number of thioether (sulfide) groups is 2. The van der Waals surface area contributed by atoms with Gasteiger partial charge in [-0.2, -0.15) is 17.0 Å². The number of nitrogens with one attached hydrogen (secondary N) is 1. The summed E-state index contributed by atoms with van der Waals surface area (Å²) in [4.78, 5) is 6.41. The summed E-state index contributed by atoms with van der Waals surface area (Å²) in [5, 5.41) is 11.8. The largest absolute Gasteiger partial charge is 0.464 e. The smallest absolute Gasteiger partial charge is 0.183 e. The number of furan rings is 1. The standard InChI is InChI=1S/C14H22N4OS2/c1-11-7-12(8-18(2)3)19-13(11)9-21-6-5-16-14(20-4)17-10-15/h7H,5-6,8-9H2,1-4H3,(H,16,17). The van der Waals surface area contributed by atoms with Crippen molar-refractivity contribution in [3.8, 4) is 6.19 Å². The molecule has 7 heteroatoms. The van der Waals surface area contributed by atoms with Crippen molar-refractivity contribution in [1.29, 1.82) is 5.26 Å². The molecule has 116 valence electrons. The van der Waals surface area contributed by atoms with Gasteiger partial charge in [-0.25, -0.2) is 0 Å². The first kappa shape index (κ1) is 18.0. The van der Waals surface area contributed by atoms with Crippen LogP contribution in [0.1, 0.15) is 17.1 Å². The molecule has 21 heavy (non-hydrogen) atoms. The van der Waals surface area contributed by atoms with Gasteiger partial charge < -0.3 is 9.32 Å². The zero-order valence-electron chi connectivity index (χ0n) is 13.0. The van der Waals surface area contributed by atoms with Crippen molar-refractivity contribution in [1.82, 2.24) is 10.2 Å². The maximum Gasteiger partial charge on any atom is 0.183 e. The molecule has 0 aliphatic carbocycles. The monoisotopic (exact) mass is 326 g/mol. The molecule has 0 amide bonds. The highest BCUT2D eigenvalue weighted by Crippen LogP contribution is 2.21. The van der Waals surface area contributed by atoms with Gasteiger partial charge in [0.15, 0.2) is 11.4 Å². The van der Waals surface area contributed by atoms with E-state index in [1.165, 1.54) is 17.3 Å². The molecule has 1 rings (SSSR count). The quantitative estimate of drug-likeness (QED) is 0.273. The highest BCUT2D eigenvalue weighted by Gasteiger charge is 2.08. The lowest BCUT2D eigenvalue weighted by atomic mass is 10.3. The highest BCUT2D eigenvalue weighted by atomic mass is 32.2. The van der Waals surface area contributed by atoms with Crippen LogP contribution in [0.5, 0.6) is 0 Å². The maximum atomic E-state index is 8.54. The Bertz CT molecular complexity index is 506. The maximum absolute atomic E-state index is 8.54. The fraction of sp³-hybridized carbons (Fsp3) is 0.571. The lowest BCUT2D eigenvalue weighted by molar-refractivity contribution is 0.344. The summed E-state index contributed by atoms with van der Waals surface area (Å²) < 4.78 is 5.85. The first-order valence-electron chi connectivity index (χ1n) is 6.61. The minimum Gasteiger partial charge on any atom is -0.464 e. The molecule has 0 aliphatic heterocycles. The molecule has 0 spiro atoms. The van der Waals surface area contributed by atoms with E-state index in [2.05, 4.69) is 28.2 Å². The van der Waals surface area contributed by atoms with Crippen LogP contribution in [-0.2, 0) is 12.3 Å². The summed E-state index contributed by atoms with van der Waals surface area (Å²) in [6.07, 6.45) is 3.78. The molecule has 1 aromatic rings. The summed E-state index contributed by atoms with van der Waals surface area (Å²) >= 11 is 3.23. The first-order chi connectivity index (χ1) is 10.1. The number of rotatable bonds is 7. The Labute approximate surface area is 135 Å². The van der Waals surface area contributed by atoms with Crippen molar-refractivity contribution in [2.75, 3.05) is 32.6 Å². The molecule has 0 saturated heterocycles. The van der Waals surface area contributed by atoms with Crippen LogP contribution in [0, 0.1) is 18.4 Å². The van der Waals surface area contributed by atoms with Crippen molar-refractivity contribution < 1.29 is 4.42 Å². The Morgan fingerprint density at radius 1 is 1.52 bits per heavy atom. The van der Waals surface area contributed by atoms with Crippen molar-refractivity contribution in [3.63, 3.8) is 0 Å². The number of hydrogen-bond donors (Lipinski definition) is 1. The van der Waals surface area contributed by atoms with Crippen LogP contribution in [0.15, 0.2) is 15.5 Å². The van der Waals surface area contributed by atoms with Gasteiger partial charge in [0.05, 0.1) is 18.8 Å². The van der Waals surface area contributed by atoms with Crippen molar-refractivity contribution in [3.05, 3.63) is 23.2 Å². The summed E-state index contributed by atoms with van der Waals surface area (Å²) in [6.45, 7) is 3.60. The number of aliphatic imine (C=N–C) groups is 1. The van der Waals surface area contributed by atoms with E-state index in [0.717, 1.165) is 29.6 Å². The van der Waals surface area contributed by atoms with Gasteiger partial charge in [0, 0.05) is 5.75 Å². The lowest BCUT2D eigenvalue weighted by Gasteiger charge is -2.05. The molecule has 1 aromatic heterocycles. The van der Waals surface area contributed by atoms with E-state index < -0.39 is 0 Å². The van der Waals surface area contributed by atoms with Crippen molar-refractivity contribution >= 4 is 28.7 Å². The molecule has 0 aliphatic rings. The van der Waals surface area contributed by atoms with Gasteiger partial charge in [-0.05, 0) is 38.9 Å². The Morgan fingerprint density at radius 3 is 2.90 bits per heavy atom. The molecule has 0 radical (unpaired) electrons. The number of hydrogen-bond acceptors (Lipinski definition) is 6. The summed E-state index contributed by atoms with van der Waals surface area (Å²) in [7, 11) is 4.06. The second-order valence-corrected chi connectivity index (χ2v) is 6.64. The molecule has 0 fully saturated rings. The van der Waals surface area contributed by atoms with Crippen LogP contribution in [-0.4, -0.2) is 42.7 Å². The first-order valence-corrected chi connectivity index (χ1v) is 8.99. The van der Waals surface area contributed by atoms with Crippen LogP contribution in [0.4, 0.5) is 0 Å². The Morgan fingerprint density at radius 2 is 2.29 bits per heavy atom. The average molecular weight is 326 g/mol. The molecule has 1 N–H and O–H groups in total. The van der Waals surface area contributed by atoms with Crippen LogP contribution in [0.25, 0.3) is 0 Å². The van der Waals surface area contributed by atoms with Gasteiger partial charge in [-0.3, -0.25) is 10.3 Å². The van der Waals surface area contributed by atoms with E-state index in [1.807, 2.05) is 26.5 Å². The van der Waals surface area contributed by atoms with E-state index in [1.54, 1.807) is 11.8 Å². The normalized spacial score (nSPS) is 11.7. The van der Waals surface area contributed by atoms with Crippen LogP contribution in [0.2, 0.25) is 0 Å². The molecule has 0 bridgehead atoms. The van der Waals surface area contributed by atoms with Gasteiger partial charge in [-0.15, -0.1) is 0 Å². The van der Waals surface area contributed by atoms with Gasteiger partial charge in [0.25, 0.3) is 0 Å². The van der Waals surface area contributed by atoms with Gasteiger partial charge in [0.1, 0.15) is 11.5 Å². The average Bonchev–Trinajstić information content (AvgIpc) is 2.76. The molecule has 5 nitrogen and oxygen atoms in total. The highest BCUT2D eigenvalue weighted by molar-refractivity contribution is 8.13. The van der Waals surface area contributed by atoms with E-state index in [0.29, 0.717) is 11.7 Å². The fourth-order valence-electron chi connectivity index (χ4n) is 1.70. The summed E-state index contributed by atoms with van der Waals surface area (Å²) in [5.41, 5.74) is 1.21. The van der Waals surface area contributed by atoms with E-state index in [-0.39, 0.29) is 0 Å². The predicted molar refractivity (Wildman–Crippen MR) is 91.6 cm³/mol. The summed E-state index contributed by atoms with van der Waals surface area (Å²) in [6, 6.07) is 2.11. The van der Waals surface area contributed by atoms with Crippen LogP contribution in [0.3, 0.4) is 0 Å². The minimum atomic E-state index is 0.667. The zero-order chi connectivity index (χ0) is 15.7. The Hall–Kier alpha value is -1.10. The molecule has 0 atom stereocenters. The van der Waals surface area contributed by atoms with Crippen LogP contribution < -0.4 is 5.32 Å². The Balaban J connectivity index is 2.36. The van der Waals surface area contributed by atoms with E-state index in [9.17, 15) is 0 Å². The van der Waals surface area contributed by atoms with Gasteiger partial charge in [0.2, 0.25) is 0 Å². The molecule has 1 heterocycles. The van der Waals surface area contributed by atoms with Crippen molar-refractivity contribution in [2.45, 2.75) is 19.2 Å². The van der Waals surface area contributed by atoms with E-state index in [4.69, 9.17) is 9.68 Å². The number of aryl methyl sites for hydroxylation is 1. The number of nitriles is 1. The number of amidine groups is 1. The zero-order valence-corrected chi connectivity index (χ0v) is 14.6. The second-order valence-electron chi connectivity index (χ2n) is 4.74. The van der Waals surface area contributed by atoms with Gasteiger partial charge >= 0.3 is 0 Å². The lowest BCUT2D eigenvalue weighted by Crippen LogP contribution is -2.13. The third-order valence-corrected chi connectivity index (χ3v) is 4.18. The number of nitrogens with zero attached hydrogens (tertiary/aromatic N) is 3.